The zero-order valence-electron chi connectivity index (χ0n) is 18.5. The number of hydrogen-bond donors (Lipinski definition) is 0. The van der Waals surface area contributed by atoms with Crippen molar-refractivity contribution in [1.82, 2.24) is 0 Å². The number of rotatable bonds is 6. The van der Waals surface area contributed by atoms with Crippen LogP contribution in [0.2, 0.25) is 0 Å². The second-order valence-electron chi connectivity index (χ2n) is 8.46. The molecule has 1 aliphatic rings. The van der Waals surface area contributed by atoms with E-state index in [0.717, 1.165) is 33.2 Å². The van der Waals surface area contributed by atoms with Crippen LogP contribution < -0.4 is 9.64 Å². The summed E-state index contributed by atoms with van der Waals surface area (Å²) in [5, 5.41) is 2.68. The Morgan fingerprint density at radius 3 is 2.47 bits per heavy atom. The molecule has 5 rings (SSSR count). The van der Waals surface area contributed by atoms with Gasteiger partial charge < -0.3 is 9.64 Å². The molecule has 0 saturated carbocycles. The number of carbonyl (C=O) groups excluding carboxylic acids is 1. The van der Waals surface area contributed by atoms with Crippen LogP contribution in [0.4, 0.5) is 10.1 Å². The Labute approximate surface area is 203 Å². The quantitative estimate of drug-likeness (QED) is 0.298. The Balaban J connectivity index is 1.47. The lowest BCUT2D eigenvalue weighted by molar-refractivity contribution is -0.119. The van der Waals surface area contributed by atoms with Crippen molar-refractivity contribution in [3.63, 3.8) is 0 Å². The van der Waals surface area contributed by atoms with Crippen LogP contribution in [-0.2, 0) is 11.4 Å². The highest BCUT2D eigenvalue weighted by atomic mass is 35.5. The highest BCUT2D eigenvalue weighted by molar-refractivity contribution is 6.30. The fourth-order valence-corrected chi connectivity index (χ4v) is 4.70. The van der Waals surface area contributed by atoms with E-state index in [0.29, 0.717) is 23.8 Å². The van der Waals surface area contributed by atoms with Crippen molar-refractivity contribution >= 4 is 34.0 Å². The molecule has 0 spiro atoms. The molecule has 1 unspecified atom stereocenters. The van der Waals surface area contributed by atoms with Gasteiger partial charge in [0.1, 0.15) is 18.2 Å². The summed E-state index contributed by atoms with van der Waals surface area (Å²) in [4.78, 5) is 14.9. The maximum Gasteiger partial charge on any atom is 0.228 e. The number of carbonyl (C=O) groups is 1. The first-order chi connectivity index (χ1) is 16.5. The van der Waals surface area contributed by atoms with E-state index >= 15 is 0 Å². The molecule has 170 valence electrons. The summed E-state index contributed by atoms with van der Waals surface area (Å²) in [7, 11) is 0. The van der Waals surface area contributed by atoms with Crippen molar-refractivity contribution in [3.8, 4) is 5.75 Å². The molecule has 5 heteroatoms. The van der Waals surface area contributed by atoms with Crippen molar-refractivity contribution in [2.24, 2.45) is 0 Å². The number of benzene rings is 4. The normalized spacial score (nSPS) is 15.3. The van der Waals surface area contributed by atoms with Crippen LogP contribution in [0.25, 0.3) is 10.8 Å². The SMILES string of the molecule is C=C(Cl)CN1C(=O)CC(c2ccc(OCc3ccc(F)cc3)cc2)c2c1ccc1ccccc21. The number of hydrogen-bond acceptors (Lipinski definition) is 2. The van der Waals surface area contributed by atoms with Gasteiger partial charge in [-0.1, -0.05) is 72.8 Å². The first-order valence-corrected chi connectivity index (χ1v) is 11.5. The third kappa shape index (κ3) is 4.42. The molecule has 1 atom stereocenters. The summed E-state index contributed by atoms with van der Waals surface area (Å²) in [6.45, 7) is 4.43. The number of ether oxygens (including phenoxy) is 1. The molecule has 0 aromatic heterocycles. The number of halogens is 2. The molecule has 0 bridgehead atoms. The zero-order chi connectivity index (χ0) is 23.7. The molecule has 4 aromatic carbocycles. The lowest BCUT2D eigenvalue weighted by Gasteiger charge is -2.35. The molecule has 1 amide bonds. The van der Waals surface area contributed by atoms with Gasteiger partial charge in [-0.15, -0.1) is 0 Å². The van der Waals surface area contributed by atoms with Crippen molar-refractivity contribution in [2.75, 3.05) is 11.4 Å². The molecule has 1 aliphatic heterocycles. The smallest absolute Gasteiger partial charge is 0.228 e. The molecular formula is C29H23ClFNO2. The molecule has 0 fully saturated rings. The summed E-state index contributed by atoms with van der Waals surface area (Å²) in [5.41, 5.74) is 3.93. The van der Waals surface area contributed by atoms with Crippen LogP contribution in [0.1, 0.15) is 29.0 Å². The van der Waals surface area contributed by atoms with E-state index in [9.17, 15) is 9.18 Å². The molecule has 34 heavy (non-hydrogen) atoms. The molecule has 3 nitrogen and oxygen atoms in total. The zero-order valence-corrected chi connectivity index (χ0v) is 19.3. The minimum absolute atomic E-state index is 0.0196. The summed E-state index contributed by atoms with van der Waals surface area (Å²) >= 11 is 6.09. The van der Waals surface area contributed by atoms with Gasteiger partial charge in [-0.3, -0.25) is 4.79 Å². The van der Waals surface area contributed by atoms with Crippen molar-refractivity contribution < 1.29 is 13.9 Å². The number of nitrogens with zero attached hydrogens (tertiary/aromatic N) is 1. The van der Waals surface area contributed by atoms with E-state index in [1.54, 1.807) is 17.0 Å². The van der Waals surface area contributed by atoms with Crippen molar-refractivity contribution in [1.29, 1.82) is 0 Å². The molecule has 0 radical (unpaired) electrons. The van der Waals surface area contributed by atoms with Crippen LogP contribution in [0.15, 0.2) is 96.5 Å². The Morgan fingerprint density at radius 2 is 1.74 bits per heavy atom. The standard InChI is InChI=1S/C29H23ClFNO2/c1-19(30)17-32-27-15-10-21-4-2-3-5-25(21)29(27)26(16-28(32)33)22-8-13-24(14-9-22)34-18-20-6-11-23(31)12-7-20/h2-15,26H,1,16-18H2. The first-order valence-electron chi connectivity index (χ1n) is 11.1. The van der Waals surface area contributed by atoms with Gasteiger partial charge in [-0.2, -0.15) is 0 Å². The van der Waals surface area contributed by atoms with E-state index in [1.165, 1.54) is 12.1 Å². The monoisotopic (exact) mass is 471 g/mol. The second-order valence-corrected chi connectivity index (χ2v) is 8.99. The summed E-state index contributed by atoms with van der Waals surface area (Å²) in [6.07, 6.45) is 0.348. The van der Waals surface area contributed by atoms with E-state index in [4.69, 9.17) is 16.3 Å². The van der Waals surface area contributed by atoms with E-state index in [2.05, 4.69) is 18.7 Å². The molecule has 1 heterocycles. The Bertz CT molecular complexity index is 1370. The third-order valence-corrected chi connectivity index (χ3v) is 6.32. The Morgan fingerprint density at radius 1 is 1.00 bits per heavy atom. The largest absolute Gasteiger partial charge is 0.489 e. The number of amides is 1. The fraction of sp³-hybridized carbons (Fsp3) is 0.138. The lowest BCUT2D eigenvalue weighted by atomic mass is 9.81. The highest BCUT2D eigenvalue weighted by Gasteiger charge is 2.33. The maximum absolute atomic E-state index is 13.1. The van der Waals surface area contributed by atoms with Gasteiger partial charge in [0, 0.05) is 23.1 Å². The van der Waals surface area contributed by atoms with Gasteiger partial charge >= 0.3 is 0 Å². The minimum Gasteiger partial charge on any atom is -0.489 e. The van der Waals surface area contributed by atoms with E-state index in [1.807, 2.05) is 48.5 Å². The van der Waals surface area contributed by atoms with Gasteiger partial charge in [-0.25, -0.2) is 4.39 Å². The molecular weight excluding hydrogens is 449 g/mol. The molecule has 0 aliphatic carbocycles. The predicted molar refractivity (Wildman–Crippen MR) is 135 cm³/mol. The fourth-order valence-electron chi connectivity index (χ4n) is 4.58. The number of fused-ring (bicyclic) bond motifs is 3. The third-order valence-electron chi connectivity index (χ3n) is 6.20. The van der Waals surface area contributed by atoms with Gasteiger partial charge in [0.25, 0.3) is 0 Å². The molecule has 4 aromatic rings. The summed E-state index contributed by atoms with van der Waals surface area (Å²) in [6, 6.07) is 26.4. The minimum atomic E-state index is -0.267. The van der Waals surface area contributed by atoms with E-state index in [-0.39, 0.29) is 24.2 Å². The van der Waals surface area contributed by atoms with Crippen molar-refractivity contribution in [2.45, 2.75) is 18.9 Å². The lowest BCUT2D eigenvalue weighted by Crippen LogP contribution is -2.37. The molecule has 0 N–H and O–H groups in total. The first kappa shape index (κ1) is 22.2. The summed E-state index contributed by atoms with van der Waals surface area (Å²) < 4.78 is 19.0. The van der Waals surface area contributed by atoms with Gasteiger partial charge in [-0.05, 0) is 57.8 Å². The van der Waals surface area contributed by atoms with Crippen LogP contribution >= 0.6 is 11.6 Å². The Kier molecular flexibility index (Phi) is 6.08. The average Bonchev–Trinajstić information content (AvgIpc) is 2.85. The summed E-state index contributed by atoms with van der Waals surface area (Å²) in [5.74, 6) is 0.385. The topological polar surface area (TPSA) is 29.5 Å². The van der Waals surface area contributed by atoms with Gasteiger partial charge in [0.15, 0.2) is 0 Å². The molecule has 0 saturated heterocycles. The Hall–Kier alpha value is -3.63. The van der Waals surface area contributed by atoms with Crippen LogP contribution in [0.3, 0.4) is 0 Å². The van der Waals surface area contributed by atoms with Gasteiger partial charge in [0.05, 0.1) is 6.54 Å². The number of anilines is 1. The average molecular weight is 472 g/mol. The van der Waals surface area contributed by atoms with Crippen LogP contribution in [0.5, 0.6) is 5.75 Å². The second kappa shape index (κ2) is 9.32. The van der Waals surface area contributed by atoms with Crippen molar-refractivity contribution in [3.05, 3.63) is 119 Å². The van der Waals surface area contributed by atoms with Crippen LogP contribution in [0, 0.1) is 5.82 Å². The van der Waals surface area contributed by atoms with Crippen LogP contribution in [-0.4, -0.2) is 12.5 Å². The van der Waals surface area contributed by atoms with Gasteiger partial charge in [0.2, 0.25) is 5.91 Å². The highest BCUT2D eigenvalue weighted by Crippen LogP contribution is 2.44. The van der Waals surface area contributed by atoms with E-state index < -0.39 is 0 Å². The maximum atomic E-state index is 13.1. The predicted octanol–water partition coefficient (Wildman–Crippen LogP) is 7.18.